The van der Waals surface area contributed by atoms with Gasteiger partial charge in [-0.1, -0.05) is 53.5 Å². The number of carbonyl (C=O) groups excluding carboxylic acids is 3. The Morgan fingerprint density at radius 2 is 1.62 bits per heavy atom. The maximum absolute atomic E-state index is 14.2. The highest BCUT2D eigenvalue weighted by atomic mass is 35.5. The van der Waals surface area contributed by atoms with Crippen molar-refractivity contribution >= 4 is 41.1 Å². The number of benzene rings is 4. The number of rotatable bonds is 12. The lowest BCUT2D eigenvalue weighted by Gasteiger charge is -2.39. The molecular formula is C47H46Cl2N4O8. The van der Waals surface area contributed by atoms with Gasteiger partial charge in [0, 0.05) is 42.9 Å². The van der Waals surface area contributed by atoms with Crippen molar-refractivity contribution in [2.45, 2.75) is 83.3 Å². The molecule has 1 fully saturated rings. The quantitative estimate of drug-likeness (QED) is 0.118. The number of aryl methyl sites for hydroxylation is 1. The van der Waals surface area contributed by atoms with Gasteiger partial charge in [0.25, 0.3) is 0 Å². The Balaban J connectivity index is 0.953. The molecule has 3 atom stereocenters. The molecule has 14 heteroatoms. The monoisotopic (exact) mass is 864 g/mol. The second kappa shape index (κ2) is 18.3. The van der Waals surface area contributed by atoms with E-state index >= 15 is 0 Å². The molecule has 316 valence electrons. The van der Waals surface area contributed by atoms with Crippen LogP contribution in [0.2, 0.25) is 10.0 Å². The number of methoxy groups -OCH3 is 1. The van der Waals surface area contributed by atoms with Gasteiger partial charge < -0.3 is 39.2 Å². The number of carbonyl (C=O) groups is 3. The normalized spacial score (nSPS) is 17.3. The number of esters is 1. The first-order valence-corrected chi connectivity index (χ1v) is 21.0. The van der Waals surface area contributed by atoms with Crippen LogP contribution in [0.15, 0.2) is 91.1 Å². The molecule has 3 aliphatic rings. The number of hydrogen-bond acceptors (Lipinski definition) is 9. The van der Waals surface area contributed by atoms with Crippen molar-refractivity contribution in [3.05, 3.63) is 140 Å². The molecule has 61 heavy (non-hydrogen) atoms. The lowest BCUT2D eigenvalue weighted by atomic mass is 9.91. The van der Waals surface area contributed by atoms with Gasteiger partial charge in [0.05, 0.1) is 17.2 Å². The molecule has 0 bridgehead atoms. The highest BCUT2D eigenvalue weighted by Gasteiger charge is 2.39. The second-order valence-electron chi connectivity index (χ2n) is 15.6. The van der Waals surface area contributed by atoms with Gasteiger partial charge in [-0.3, -0.25) is 9.78 Å². The van der Waals surface area contributed by atoms with Gasteiger partial charge in [0.1, 0.15) is 42.5 Å². The minimum atomic E-state index is -1.01. The van der Waals surface area contributed by atoms with E-state index in [0.717, 1.165) is 58.3 Å². The molecule has 0 spiro atoms. The largest absolute Gasteiger partial charge is 0.489 e. The number of urea groups is 1. The second-order valence-corrected chi connectivity index (χ2v) is 16.4. The van der Waals surface area contributed by atoms with Crippen molar-refractivity contribution < 1.29 is 38.1 Å². The first kappa shape index (κ1) is 41.7. The predicted octanol–water partition coefficient (Wildman–Crippen LogP) is 8.78. The number of nitrogens with zero attached hydrogens (tertiary/aromatic N) is 2. The first-order chi connectivity index (χ1) is 29.5. The number of amides is 3. The zero-order valence-corrected chi connectivity index (χ0v) is 35.6. The molecule has 12 nitrogen and oxygen atoms in total. The van der Waals surface area contributed by atoms with Crippen molar-refractivity contribution in [2.24, 2.45) is 0 Å². The van der Waals surface area contributed by atoms with Crippen molar-refractivity contribution in [3.63, 3.8) is 0 Å². The van der Waals surface area contributed by atoms with E-state index in [1.165, 1.54) is 7.11 Å². The summed E-state index contributed by atoms with van der Waals surface area (Å²) in [6, 6.07) is 23.7. The molecule has 1 saturated carbocycles. The van der Waals surface area contributed by atoms with Gasteiger partial charge in [0.2, 0.25) is 5.91 Å². The Bertz CT molecular complexity index is 2430. The van der Waals surface area contributed by atoms with Crippen LogP contribution in [0.3, 0.4) is 0 Å². The van der Waals surface area contributed by atoms with E-state index in [4.69, 9.17) is 46.9 Å². The minimum Gasteiger partial charge on any atom is -0.489 e. The van der Waals surface area contributed by atoms with Gasteiger partial charge in [-0.05, 0) is 116 Å². The number of halogens is 2. The van der Waals surface area contributed by atoms with Gasteiger partial charge in [-0.15, -0.1) is 0 Å². The highest BCUT2D eigenvalue weighted by molar-refractivity contribution is 6.42. The summed E-state index contributed by atoms with van der Waals surface area (Å²) in [6.07, 6.45) is 4.48. The Labute approximate surface area is 364 Å². The highest BCUT2D eigenvalue weighted by Crippen LogP contribution is 2.41. The maximum Gasteiger partial charge on any atom is 0.328 e. The Morgan fingerprint density at radius 3 is 2.34 bits per heavy atom. The fourth-order valence-electron chi connectivity index (χ4n) is 7.54. The molecule has 1 aromatic heterocycles. The van der Waals surface area contributed by atoms with E-state index in [1.54, 1.807) is 23.2 Å². The molecule has 2 aliphatic heterocycles. The Kier molecular flexibility index (Phi) is 12.5. The zero-order chi connectivity index (χ0) is 42.6. The van der Waals surface area contributed by atoms with E-state index < -0.39 is 24.0 Å². The van der Waals surface area contributed by atoms with E-state index in [1.807, 2.05) is 86.6 Å². The average Bonchev–Trinajstić information content (AvgIpc) is 3.25. The number of fused-ring (bicyclic) bond motifs is 2. The minimum absolute atomic E-state index is 0.0487. The summed E-state index contributed by atoms with van der Waals surface area (Å²) < 4.78 is 29.9. The fraction of sp³-hybridized carbons (Fsp3) is 0.319. The number of ether oxygens (including phenoxy) is 5. The van der Waals surface area contributed by atoms with Crippen LogP contribution in [-0.4, -0.2) is 59.6 Å². The SMILES string of the molecule is COC(=O)[C@H](Cc1ccc(Oc2ccnc(C)c2C)cc1)NC(=O)[C@@H]1Cc2cc3c(cc2CN1C(=O)NC1CCC1)O[C@@H](c1ccc(OCc2ccc(Cl)c(Cl)c2)cc1)CO3. The topological polar surface area (TPSA) is 138 Å². The molecular weight excluding hydrogens is 819 g/mol. The fourth-order valence-corrected chi connectivity index (χ4v) is 7.86. The third kappa shape index (κ3) is 9.66. The Hall–Kier alpha value is -5.98. The molecule has 5 aromatic rings. The van der Waals surface area contributed by atoms with Crippen molar-refractivity contribution in [1.82, 2.24) is 20.5 Å². The standard InChI is InChI=1S/C47H46Cl2N4O8/c1-27-28(2)50-18-17-41(27)60-36-12-7-29(8-13-36)20-39(46(55)57-3)52-45(54)40-21-32-22-42-43(23-33(32)24-53(40)47(56)51-34-5-4-6-34)61-44(26-59-42)31-10-14-35(15-11-31)58-25-30-9-16-37(48)38(49)19-30/h7-19,22-23,34,39-40,44H,4-6,20-21,24-26H2,1-3H3,(H,51,56)(H,52,54)/t39-,40-,44+/m0/s1. The number of nitrogens with one attached hydrogen (secondary N) is 2. The zero-order valence-electron chi connectivity index (χ0n) is 34.0. The summed E-state index contributed by atoms with van der Waals surface area (Å²) in [4.78, 5) is 47.1. The molecule has 1 aliphatic carbocycles. The molecule has 2 N–H and O–H groups in total. The van der Waals surface area contributed by atoms with Gasteiger partial charge >= 0.3 is 12.0 Å². The summed E-state index contributed by atoms with van der Waals surface area (Å²) in [7, 11) is 1.28. The lowest BCUT2D eigenvalue weighted by molar-refractivity contribution is -0.145. The van der Waals surface area contributed by atoms with Crippen LogP contribution < -0.4 is 29.6 Å². The van der Waals surface area contributed by atoms with Crippen LogP contribution in [0.25, 0.3) is 0 Å². The average molecular weight is 866 g/mol. The number of pyridine rings is 1. The van der Waals surface area contributed by atoms with E-state index in [0.29, 0.717) is 45.4 Å². The molecule has 0 radical (unpaired) electrons. The predicted molar refractivity (Wildman–Crippen MR) is 230 cm³/mol. The van der Waals surface area contributed by atoms with Crippen LogP contribution >= 0.6 is 23.2 Å². The molecule has 8 rings (SSSR count). The third-order valence-electron chi connectivity index (χ3n) is 11.5. The van der Waals surface area contributed by atoms with Crippen LogP contribution in [0.4, 0.5) is 4.79 Å². The van der Waals surface area contributed by atoms with E-state index in [2.05, 4.69) is 15.6 Å². The molecule has 0 saturated heterocycles. The van der Waals surface area contributed by atoms with Crippen LogP contribution in [-0.2, 0) is 40.3 Å². The summed E-state index contributed by atoms with van der Waals surface area (Å²) in [6.45, 7) is 4.63. The summed E-state index contributed by atoms with van der Waals surface area (Å²) in [5.41, 5.74) is 6.10. The number of aromatic nitrogens is 1. The van der Waals surface area contributed by atoms with Gasteiger partial charge in [-0.25, -0.2) is 9.59 Å². The Morgan fingerprint density at radius 1 is 0.885 bits per heavy atom. The third-order valence-corrected chi connectivity index (χ3v) is 12.2. The van der Waals surface area contributed by atoms with Gasteiger partial charge in [0.15, 0.2) is 17.6 Å². The first-order valence-electron chi connectivity index (χ1n) is 20.3. The smallest absolute Gasteiger partial charge is 0.328 e. The lowest BCUT2D eigenvalue weighted by Crippen LogP contribution is -2.59. The van der Waals surface area contributed by atoms with Crippen molar-refractivity contribution in [3.8, 4) is 28.7 Å². The summed E-state index contributed by atoms with van der Waals surface area (Å²) in [5, 5.41) is 6.98. The summed E-state index contributed by atoms with van der Waals surface area (Å²) in [5.74, 6) is 2.04. The van der Waals surface area contributed by atoms with Crippen LogP contribution in [0.5, 0.6) is 28.7 Å². The van der Waals surface area contributed by atoms with E-state index in [9.17, 15) is 14.4 Å². The van der Waals surface area contributed by atoms with Crippen molar-refractivity contribution in [2.75, 3.05) is 13.7 Å². The molecule has 3 heterocycles. The van der Waals surface area contributed by atoms with E-state index in [-0.39, 0.29) is 44.2 Å². The van der Waals surface area contributed by atoms with Gasteiger partial charge in [-0.2, -0.15) is 0 Å². The molecule has 4 aromatic carbocycles. The maximum atomic E-state index is 14.2. The number of hydrogen-bond donors (Lipinski definition) is 2. The van der Waals surface area contributed by atoms with Crippen LogP contribution in [0.1, 0.15) is 64.4 Å². The summed E-state index contributed by atoms with van der Waals surface area (Å²) >= 11 is 12.2. The van der Waals surface area contributed by atoms with Crippen LogP contribution in [0, 0.1) is 13.8 Å². The van der Waals surface area contributed by atoms with Crippen molar-refractivity contribution in [1.29, 1.82) is 0 Å². The molecule has 0 unspecified atom stereocenters. The molecule has 3 amide bonds.